The maximum Gasteiger partial charge on any atom is 0.161 e. The van der Waals surface area contributed by atoms with E-state index in [1.807, 2.05) is 0 Å². The Morgan fingerprint density at radius 3 is 2.90 bits per heavy atom. The predicted molar refractivity (Wildman–Crippen MR) is 89.6 cm³/mol. The first-order valence-corrected chi connectivity index (χ1v) is 8.20. The Bertz CT molecular complexity index is 507. The summed E-state index contributed by atoms with van der Waals surface area (Å²) in [4.78, 5) is 0.198. The van der Waals surface area contributed by atoms with Crippen LogP contribution in [0.3, 0.4) is 0 Å². The summed E-state index contributed by atoms with van der Waals surface area (Å²) in [6.45, 7) is 3.11. The Labute approximate surface area is 133 Å². The van der Waals surface area contributed by atoms with Gasteiger partial charge in [0.25, 0.3) is 0 Å². The first-order chi connectivity index (χ1) is 9.49. The molecule has 2 rings (SSSR count). The number of thiocarbonyl (C=S) groups is 1. The molecule has 1 aliphatic carbocycles. The fourth-order valence-electron chi connectivity index (χ4n) is 2.88. The van der Waals surface area contributed by atoms with E-state index in [1.165, 1.54) is 25.7 Å². The Hall–Kier alpha value is -0.680. The third kappa shape index (κ3) is 3.70. The molecule has 0 bridgehead atoms. The summed E-state index contributed by atoms with van der Waals surface area (Å²) in [7, 11) is 0. The van der Waals surface area contributed by atoms with E-state index in [2.05, 4.69) is 28.2 Å². The van der Waals surface area contributed by atoms with Gasteiger partial charge in [-0.1, -0.05) is 32.0 Å². The van der Waals surface area contributed by atoms with Gasteiger partial charge in [0.1, 0.15) is 4.99 Å². The van der Waals surface area contributed by atoms with E-state index in [4.69, 9.17) is 18.0 Å². The number of nitrogens with two attached hydrogens (primary N) is 1. The van der Waals surface area contributed by atoms with E-state index in [1.54, 1.807) is 12.1 Å². The van der Waals surface area contributed by atoms with Crippen LogP contribution in [0.5, 0.6) is 0 Å². The minimum atomic E-state index is -0.320. The van der Waals surface area contributed by atoms with Gasteiger partial charge in [0.05, 0.1) is 10.2 Å². The molecule has 0 saturated heterocycles. The highest BCUT2D eigenvalue weighted by atomic mass is 79.9. The number of hydrogen-bond acceptors (Lipinski definition) is 2. The van der Waals surface area contributed by atoms with Crippen molar-refractivity contribution < 1.29 is 4.39 Å². The standard InChI is InChI=1S/C15H20BrFN2S/c1-9-3-2-4-10(7-9)8-19-12-6-5-11(15(18)20)13(16)14(12)17/h5-6,9-10,19H,2-4,7-8H2,1H3,(H2,18,20). The van der Waals surface area contributed by atoms with Gasteiger partial charge in [-0.25, -0.2) is 4.39 Å². The number of nitrogens with one attached hydrogen (secondary N) is 1. The molecule has 0 aromatic heterocycles. The first-order valence-electron chi connectivity index (χ1n) is 7.00. The molecule has 110 valence electrons. The zero-order valence-electron chi connectivity index (χ0n) is 11.6. The number of halogens is 2. The summed E-state index contributed by atoms with van der Waals surface area (Å²) in [5.74, 6) is 1.09. The van der Waals surface area contributed by atoms with Crippen LogP contribution < -0.4 is 11.1 Å². The Morgan fingerprint density at radius 1 is 1.50 bits per heavy atom. The minimum absolute atomic E-state index is 0.198. The molecule has 2 unspecified atom stereocenters. The Kier molecular flexibility index (Phi) is 5.38. The van der Waals surface area contributed by atoms with E-state index in [9.17, 15) is 4.39 Å². The molecule has 20 heavy (non-hydrogen) atoms. The topological polar surface area (TPSA) is 38.0 Å². The van der Waals surface area contributed by atoms with Crippen molar-refractivity contribution >= 4 is 38.8 Å². The van der Waals surface area contributed by atoms with E-state index in [-0.39, 0.29) is 10.8 Å². The van der Waals surface area contributed by atoms with Crippen LogP contribution in [0, 0.1) is 17.7 Å². The third-order valence-electron chi connectivity index (χ3n) is 3.97. The molecule has 0 radical (unpaired) electrons. The van der Waals surface area contributed by atoms with Crippen molar-refractivity contribution in [3.8, 4) is 0 Å². The molecular weight excluding hydrogens is 339 g/mol. The van der Waals surface area contributed by atoms with Gasteiger partial charge in [-0.05, 0) is 52.7 Å². The lowest BCUT2D eigenvalue weighted by molar-refractivity contribution is 0.293. The van der Waals surface area contributed by atoms with E-state index in [0.29, 0.717) is 21.6 Å². The minimum Gasteiger partial charge on any atom is -0.389 e. The second-order valence-electron chi connectivity index (χ2n) is 5.67. The molecule has 3 N–H and O–H groups in total. The largest absolute Gasteiger partial charge is 0.389 e. The van der Waals surface area contributed by atoms with E-state index in [0.717, 1.165) is 12.5 Å². The highest BCUT2D eigenvalue weighted by Crippen LogP contribution is 2.30. The molecule has 1 saturated carbocycles. The fraction of sp³-hybridized carbons (Fsp3) is 0.533. The summed E-state index contributed by atoms with van der Waals surface area (Å²) in [5.41, 5.74) is 6.60. The first kappa shape index (κ1) is 15.7. The molecule has 2 nitrogen and oxygen atoms in total. The average Bonchev–Trinajstić information content (AvgIpc) is 2.40. The van der Waals surface area contributed by atoms with Crippen LogP contribution in [0.2, 0.25) is 0 Å². The van der Waals surface area contributed by atoms with Gasteiger partial charge < -0.3 is 11.1 Å². The zero-order valence-corrected chi connectivity index (χ0v) is 14.0. The fourth-order valence-corrected chi connectivity index (χ4v) is 3.74. The number of anilines is 1. The van der Waals surface area contributed by atoms with E-state index >= 15 is 0 Å². The molecule has 0 spiro atoms. The van der Waals surface area contributed by atoms with Crippen molar-refractivity contribution in [2.24, 2.45) is 17.6 Å². The van der Waals surface area contributed by atoms with Crippen molar-refractivity contribution in [2.45, 2.75) is 32.6 Å². The summed E-state index contributed by atoms with van der Waals surface area (Å²) in [6.07, 6.45) is 5.05. The lowest BCUT2D eigenvalue weighted by Crippen LogP contribution is -2.21. The molecular formula is C15H20BrFN2S. The summed E-state index contributed by atoms with van der Waals surface area (Å²) in [5, 5.41) is 3.22. The van der Waals surface area contributed by atoms with Gasteiger partial charge in [0.2, 0.25) is 0 Å². The molecule has 1 fully saturated rings. The van der Waals surface area contributed by atoms with Crippen LogP contribution in [0.25, 0.3) is 0 Å². The van der Waals surface area contributed by atoms with Gasteiger partial charge in [-0.3, -0.25) is 0 Å². The summed E-state index contributed by atoms with van der Waals surface area (Å²) < 4.78 is 14.6. The maximum atomic E-state index is 14.2. The van der Waals surface area contributed by atoms with Crippen LogP contribution in [-0.2, 0) is 0 Å². The second-order valence-corrected chi connectivity index (χ2v) is 6.90. The number of benzene rings is 1. The summed E-state index contributed by atoms with van der Waals surface area (Å²) >= 11 is 8.12. The summed E-state index contributed by atoms with van der Waals surface area (Å²) in [6, 6.07) is 3.46. The molecule has 2 atom stereocenters. The van der Waals surface area contributed by atoms with Crippen molar-refractivity contribution in [3.05, 3.63) is 28.0 Å². The van der Waals surface area contributed by atoms with Gasteiger partial charge >= 0.3 is 0 Å². The molecule has 1 aromatic carbocycles. The predicted octanol–water partition coefficient (Wildman–Crippen LogP) is 4.46. The van der Waals surface area contributed by atoms with Gasteiger partial charge in [0.15, 0.2) is 5.82 Å². The molecule has 0 amide bonds. The highest BCUT2D eigenvalue weighted by Gasteiger charge is 2.19. The van der Waals surface area contributed by atoms with Crippen molar-refractivity contribution in [1.29, 1.82) is 0 Å². The number of rotatable bonds is 4. The Morgan fingerprint density at radius 2 is 2.25 bits per heavy atom. The van der Waals surface area contributed by atoms with E-state index < -0.39 is 0 Å². The van der Waals surface area contributed by atoms with Crippen LogP contribution in [0.15, 0.2) is 16.6 Å². The second kappa shape index (κ2) is 6.85. The van der Waals surface area contributed by atoms with Crippen LogP contribution >= 0.6 is 28.1 Å². The van der Waals surface area contributed by atoms with Crippen molar-refractivity contribution in [1.82, 2.24) is 0 Å². The Balaban J connectivity index is 2.03. The molecule has 1 aliphatic rings. The van der Waals surface area contributed by atoms with Crippen LogP contribution in [0.4, 0.5) is 10.1 Å². The lowest BCUT2D eigenvalue weighted by Gasteiger charge is -2.27. The van der Waals surface area contributed by atoms with Crippen LogP contribution in [-0.4, -0.2) is 11.5 Å². The molecule has 5 heteroatoms. The molecule has 1 aromatic rings. The normalized spacial score (nSPS) is 22.6. The van der Waals surface area contributed by atoms with Crippen molar-refractivity contribution in [2.75, 3.05) is 11.9 Å². The average molecular weight is 359 g/mol. The van der Waals surface area contributed by atoms with Gasteiger partial charge in [-0.15, -0.1) is 0 Å². The van der Waals surface area contributed by atoms with Gasteiger partial charge in [-0.2, -0.15) is 0 Å². The zero-order chi connectivity index (χ0) is 14.7. The van der Waals surface area contributed by atoms with Crippen molar-refractivity contribution in [3.63, 3.8) is 0 Å². The quantitative estimate of drug-likeness (QED) is 0.780. The SMILES string of the molecule is CC1CCCC(CNc2ccc(C(N)=S)c(Br)c2F)C1. The monoisotopic (exact) mass is 358 g/mol. The smallest absolute Gasteiger partial charge is 0.161 e. The molecule has 0 aliphatic heterocycles. The van der Waals surface area contributed by atoms with Crippen LogP contribution in [0.1, 0.15) is 38.2 Å². The lowest BCUT2D eigenvalue weighted by atomic mass is 9.82. The number of hydrogen-bond donors (Lipinski definition) is 2. The highest BCUT2D eigenvalue weighted by molar-refractivity contribution is 9.10. The van der Waals surface area contributed by atoms with Gasteiger partial charge in [0, 0.05) is 12.1 Å². The third-order valence-corrected chi connectivity index (χ3v) is 4.97. The maximum absolute atomic E-state index is 14.2. The molecule has 0 heterocycles.